The van der Waals surface area contributed by atoms with Crippen LogP contribution in [0.3, 0.4) is 0 Å². The van der Waals surface area contributed by atoms with Gasteiger partial charge >= 0.3 is 5.97 Å². The normalized spacial score (nSPS) is 10.3. The van der Waals surface area contributed by atoms with Crippen LogP contribution < -0.4 is 4.74 Å². The van der Waals surface area contributed by atoms with Crippen LogP contribution in [0.15, 0.2) is 18.2 Å². The number of carbonyl (C=O) groups excluding carboxylic acids is 1. The smallest absolute Gasteiger partial charge is 0.362 e. The number of aromatic nitrogens is 2. The molecule has 0 spiro atoms. The number of fused-ring (bicyclic) bond motifs is 1. The van der Waals surface area contributed by atoms with Gasteiger partial charge in [0.1, 0.15) is 11.3 Å². The van der Waals surface area contributed by atoms with E-state index < -0.39 is 5.97 Å². The van der Waals surface area contributed by atoms with Crippen LogP contribution in [0.4, 0.5) is 0 Å². The molecule has 1 N–H and O–H groups in total. The number of nitrogens with zero attached hydrogens (tertiary/aromatic N) is 2. The zero-order chi connectivity index (χ0) is 13.1. The lowest BCUT2D eigenvalue weighted by molar-refractivity contribution is 0.0515. The van der Waals surface area contributed by atoms with Crippen molar-refractivity contribution in [3.05, 3.63) is 23.9 Å². The van der Waals surface area contributed by atoms with Crippen molar-refractivity contribution in [1.29, 1.82) is 0 Å². The molecule has 1 aromatic heterocycles. The van der Waals surface area contributed by atoms with E-state index in [0.717, 1.165) is 0 Å². The molecule has 1 heterocycles. The molecule has 0 saturated carbocycles. The second kappa shape index (κ2) is 4.87. The molecule has 18 heavy (non-hydrogen) atoms. The van der Waals surface area contributed by atoms with Crippen LogP contribution in [-0.4, -0.2) is 35.0 Å². The number of esters is 1. The molecule has 0 amide bonds. The minimum Gasteiger partial charge on any atom is -0.505 e. The maximum atomic E-state index is 11.5. The number of aromatic hydroxyl groups is 1. The van der Waals surface area contributed by atoms with E-state index in [9.17, 15) is 9.90 Å². The van der Waals surface area contributed by atoms with E-state index in [-0.39, 0.29) is 18.1 Å². The van der Waals surface area contributed by atoms with Crippen molar-refractivity contribution < 1.29 is 19.4 Å². The molecule has 2 aromatic rings. The lowest BCUT2D eigenvalue weighted by atomic mass is 10.2. The highest BCUT2D eigenvalue weighted by atomic mass is 16.5. The molecule has 0 bridgehead atoms. The summed E-state index contributed by atoms with van der Waals surface area (Å²) in [6.07, 6.45) is 0. The maximum Gasteiger partial charge on any atom is 0.362 e. The predicted molar refractivity (Wildman–Crippen MR) is 63.7 cm³/mol. The van der Waals surface area contributed by atoms with Crippen molar-refractivity contribution in [3.63, 3.8) is 0 Å². The van der Waals surface area contributed by atoms with Gasteiger partial charge in [0.2, 0.25) is 5.69 Å². The van der Waals surface area contributed by atoms with Gasteiger partial charge in [-0.05, 0) is 19.1 Å². The van der Waals surface area contributed by atoms with Gasteiger partial charge in [-0.2, -0.15) is 0 Å². The van der Waals surface area contributed by atoms with Crippen molar-refractivity contribution in [2.45, 2.75) is 6.92 Å². The Hall–Kier alpha value is -2.37. The number of ether oxygens (including phenoxy) is 2. The molecular formula is C12H12N2O4. The SMILES string of the molecule is CCOC(=O)c1nnc2cc(OC)ccc2c1O. The number of hydrogen-bond acceptors (Lipinski definition) is 6. The zero-order valence-corrected chi connectivity index (χ0v) is 10.0. The molecule has 0 aliphatic heterocycles. The van der Waals surface area contributed by atoms with Crippen LogP contribution in [0.1, 0.15) is 17.4 Å². The summed E-state index contributed by atoms with van der Waals surface area (Å²) in [5.74, 6) is -0.332. The van der Waals surface area contributed by atoms with Crippen LogP contribution in [0.2, 0.25) is 0 Å². The van der Waals surface area contributed by atoms with Crippen LogP contribution in [-0.2, 0) is 4.74 Å². The summed E-state index contributed by atoms with van der Waals surface area (Å²) in [6, 6.07) is 4.90. The van der Waals surface area contributed by atoms with E-state index in [1.54, 1.807) is 25.1 Å². The first-order valence-electron chi connectivity index (χ1n) is 5.38. The second-order valence-electron chi connectivity index (χ2n) is 3.50. The molecule has 0 unspecified atom stereocenters. The Kier molecular flexibility index (Phi) is 3.27. The molecule has 0 fully saturated rings. The van der Waals surface area contributed by atoms with E-state index in [1.165, 1.54) is 7.11 Å². The first kappa shape index (κ1) is 12.1. The Morgan fingerprint density at radius 1 is 1.39 bits per heavy atom. The molecule has 6 heteroatoms. The van der Waals surface area contributed by atoms with E-state index in [2.05, 4.69) is 10.2 Å². The summed E-state index contributed by atoms with van der Waals surface area (Å²) < 4.78 is 9.81. The molecule has 0 saturated heterocycles. The summed E-state index contributed by atoms with van der Waals surface area (Å²) in [7, 11) is 1.53. The fourth-order valence-corrected chi connectivity index (χ4v) is 1.54. The highest BCUT2D eigenvalue weighted by Gasteiger charge is 2.18. The van der Waals surface area contributed by atoms with Crippen molar-refractivity contribution >= 4 is 16.9 Å². The van der Waals surface area contributed by atoms with Gasteiger partial charge < -0.3 is 14.6 Å². The number of hydrogen-bond donors (Lipinski definition) is 1. The molecule has 0 radical (unpaired) electrons. The lowest BCUT2D eigenvalue weighted by Crippen LogP contribution is -2.08. The minimum absolute atomic E-state index is 0.186. The Balaban J connectivity index is 2.54. The van der Waals surface area contributed by atoms with E-state index in [1.807, 2.05) is 0 Å². The summed E-state index contributed by atoms with van der Waals surface area (Å²) in [5.41, 5.74) is 0.259. The summed E-state index contributed by atoms with van der Waals surface area (Å²) in [6.45, 7) is 1.88. The number of carbonyl (C=O) groups is 1. The molecule has 2 rings (SSSR count). The Morgan fingerprint density at radius 2 is 2.17 bits per heavy atom. The van der Waals surface area contributed by atoms with Crippen LogP contribution in [0, 0.1) is 0 Å². The van der Waals surface area contributed by atoms with E-state index in [4.69, 9.17) is 9.47 Å². The van der Waals surface area contributed by atoms with Crippen LogP contribution in [0.5, 0.6) is 11.5 Å². The Bertz CT molecular complexity index is 598. The third-order valence-corrected chi connectivity index (χ3v) is 2.41. The Labute approximate surface area is 103 Å². The molecule has 6 nitrogen and oxygen atoms in total. The highest BCUT2D eigenvalue weighted by molar-refractivity contribution is 5.97. The van der Waals surface area contributed by atoms with Crippen molar-refractivity contribution in [3.8, 4) is 11.5 Å². The van der Waals surface area contributed by atoms with Crippen molar-refractivity contribution in [1.82, 2.24) is 10.2 Å². The van der Waals surface area contributed by atoms with E-state index in [0.29, 0.717) is 16.7 Å². The summed E-state index contributed by atoms with van der Waals surface area (Å²) in [5, 5.41) is 17.9. The number of benzene rings is 1. The summed E-state index contributed by atoms with van der Waals surface area (Å²) >= 11 is 0. The molecular weight excluding hydrogens is 236 g/mol. The van der Waals surface area contributed by atoms with Gasteiger partial charge in [-0.3, -0.25) is 0 Å². The standard InChI is InChI=1S/C12H12N2O4/c1-3-18-12(16)10-11(15)8-5-4-7(17-2)6-9(8)13-14-10/h4-6H,3H2,1-2H3,(H,13,15). The molecule has 94 valence electrons. The molecule has 0 aliphatic rings. The average Bonchev–Trinajstić information content (AvgIpc) is 2.38. The van der Waals surface area contributed by atoms with Gasteiger partial charge in [-0.15, -0.1) is 10.2 Å². The van der Waals surface area contributed by atoms with Crippen LogP contribution in [0.25, 0.3) is 10.9 Å². The third kappa shape index (κ3) is 2.04. The van der Waals surface area contributed by atoms with Gasteiger partial charge in [0.25, 0.3) is 0 Å². The number of methoxy groups -OCH3 is 1. The first-order valence-corrected chi connectivity index (χ1v) is 5.38. The highest BCUT2D eigenvalue weighted by Crippen LogP contribution is 2.28. The zero-order valence-electron chi connectivity index (χ0n) is 10.0. The summed E-state index contributed by atoms with van der Waals surface area (Å²) in [4.78, 5) is 11.5. The predicted octanol–water partition coefficient (Wildman–Crippen LogP) is 1.52. The lowest BCUT2D eigenvalue weighted by Gasteiger charge is -2.06. The van der Waals surface area contributed by atoms with Crippen LogP contribution >= 0.6 is 0 Å². The van der Waals surface area contributed by atoms with Gasteiger partial charge in [0.05, 0.1) is 13.7 Å². The fourth-order valence-electron chi connectivity index (χ4n) is 1.54. The third-order valence-electron chi connectivity index (χ3n) is 2.41. The quantitative estimate of drug-likeness (QED) is 0.829. The average molecular weight is 248 g/mol. The largest absolute Gasteiger partial charge is 0.505 e. The first-order chi connectivity index (χ1) is 8.67. The topological polar surface area (TPSA) is 81.5 Å². The fraction of sp³-hybridized carbons (Fsp3) is 0.250. The van der Waals surface area contributed by atoms with Gasteiger partial charge in [0.15, 0.2) is 5.75 Å². The second-order valence-corrected chi connectivity index (χ2v) is 3.50. The monoisotopic (exact) mass is 248 g/mol. The molecule has 1 aromatic carbocycles. The minimum atomic E-state index is -0.694. The number of rotatable bonds is 3. The maximum absolute atomic E-state index is 11.5. The van der Waals surface area contributed by atoms with Crippen molar-refractivity contribution in [2.24, 2.45) is 0 Å². The van der Waals surface area contributed by atoms with Gasteiger partial charge in [0, 0.05) is 11.5 Å². The van der Waals surface area contributed by atoms with Gasteiger partial charge in [-0.25, -0.2) is 4.79 Å². The molecule has 0 atom stereocenters. The van der Waals surface area contributed by atoms with Gasteiger partial charge in [-0.1, -0.05) is 0 Å². The van der Waals surface area contributed by atoms with Crippen molar-refractivity contribution in [2.75, 3.05) is 13.7 Å². The Morgan fingerprint density at radius 3 is 2.83 bits per heavy atom. The van der Waals surface area contributed by atoms with E-state index >= 15 is 0 Å². The molecule has 0 aliphatic carbocycles.